The summed E-state index contributed by atoms with van der Waals surface area (Å²) >= 11 is 0. The fourth-order valence-electron chi connectivity index (χ4n) is 2.46. The summed E-state index contributed by atoms with van der Waals surface area (Å²) in [6.45, 7) is 0.501. The van der Waals surface area contributed by atoms with E-state index in [0.29, 0.717) is 29.3 Å². The standard InChI is InChI=1S/C21H18N2O5/c24-21(27-15-14-22-16-10-12-17(13-11-16)23(25)26)19-8-4-5-9-20(19)28-18-6-2-1-3-7-18/h1-13,22H,14-15H2. The van der Waals surface area contributed by atoms with Crippen molar-refractivity contribution in [3.63, 3.8) is 0 Å². The molecule has 0 unspecified atom stereocenters. The lowest BCUT2D eigenvalue weighted by atomic mass is 10.2. The summed E-state index contributed by atoms with van der Waals surface area (Å²) in [5.74, 6) is 0.557. The van der Waals surface area contributed by atoms with Crippen LogP contribution in [0.25, 0.3) is 0 Å². The molecule has 0 saturated carbocycles. The highest BCUT2D eigenvalue weighted by Gasteiger charge is 2.14. The number of hydrogen-bond acceptors (Lipinski definition) is 6. The molecule has 0 fully saturated rings. The van der Waals surface area contributed by atoms with Gasteiger partial charge in [-0.1, -0.05) is 30.3 Å². The first kappa shape index (κ1) is 18.9. The minimum absolute atomic E-state index is 0.0204. The van der Waals surface area contributed by atoms with Gasteiger partial charge in [0.25, 0.3) is 5.69 Å². The lowest BCUT2D eigenvalue weighted by Gasteiger charge is -2.11. The summed E-state index contributed by atoms with van der Waals surface area (Å²) in [5, 5.41) is 13.7. The van der Waals surface area contributed by atoms with Crippen LogP contribution in [0.5, 0.6) is 11.5 Å². The van der Waals surface area contributed by atoms with Crippen molar-refractivity contribution in [2.24, 2.45) is 0 Å². The molecule has 0 aliphatic heterocycles. The smallest absolute Gasteiger partial charge is 0.342 e. The quantitative estimate of drug-likeness (QED) is 0.265. The third kappa shape index (κ3) is 5.07. The van der Waals surface area contributed by atoms with E-state index in [2.05, 4.69) is 5.32 Å². The molecule has 0 radical (unpaired) electrons. The van der Waals surface area contributed by atoms with E-state index in [1.165, 1.54) is 12.1 Å². The van der Waals surface area contributed by atoms with E-state index in [0.717, 1.165) is 0 Å². The molecule has 1 N–H and O–H groups in total. The minimum Gasteiger partial charge on any atom is -0.460 e. The normalized spacial score (nSPS) is 10.1. The Bertz CT molecular complexity index is 943. The Labute approximate surface area is 161 Å². The van der Waals surface area contributed by atoms with Crippen LogP contribution in [0.3, 0.4) is 0 Å². The maximum absolute atomic E-state index is 12.4. The van der Waals surface area contributed by atoms with Gasteiger partial charge < -0.3 is 14.8 Å². The molecule has 0 bridgehead atoms. The highest BCUT2D eigenvalue weighted by atomic mass is 16.6. The minimum atomic E-state index is -0.489. The second-order valence-electron chi connectivity index (χ2n) is 5.78. The summed E-state index contributed by atoms with van der Waals surface area (Å²) in [4.78, 5) is 22.6. The van der Waals surface area contributed by atoms with E-state index in [9.17, 15) is 14.9 Å². The molecule has 0 atom stereocenters. The zero-order valence-corrected chi connectivity index (χ0v) is 14.9. The van der Waals surface area contributed by atoms with E-state index in [1.54, 1.807) is 48.5 Å². The molecule has 3 rings (SSSR count). The van der Waals surface area contributed by atoms with Gasteiger partial charge in [-0.15, -0.1) is 0 Å². The number of esters is 1. The van der Waals surface area contributed by atoms with Crippen molar-refractivity contribution < 1.29 is 19.2 Å². The average Bonchev–Trinajstić information content (AvgIpc) is 2.72. The number of rotatable bonds is 8. The highest BCUT2D eigenvalue weighted by molar-refractivity contribution is 5.92. The number of hydrogen-bond donors (Lipinski definition) is 1. The van der Waals surface area contributed by atoms with Crippen LogP contribution in [0.4, 0.5) is 11.4 Å². The largest absolute Gasteiger partial charge is 0.460 e. The van der Waals surface area contributed by atoms with E-state index in [-0.39, 0.29) is 12.3 Å². The Hall–Kier alpha value is -3.87. The molecule has 28 heavy (non-hydrogen) atoms. The Morgan fingerprint density at radius 3 is 2.32 bits per heavy atom. The van der Waals surface area contributed by atoms with Gasteiger partial charge in [0.05, 0.1) is 4.92 Å². The number of nitro benzene ring substituents is 1. The van der Waals surface area contributed by atoms with Crippen LogP contribution in [0, 0.1) is 10.1 Å². The summed E-state index contributed by atoms with van der Waals surface area (Å²) < 4.78 is 11.1. The number of nitrogens with one attached hydrogen (secondary N) is 1. The van der Waals surface area contributed by atoms with E-state index in [1.807, 2.05) is 18.2 Å². The first-order valence-electron chi connectivity index (χ1n) is 8.61. The highest BCUT2D eigenvalue weighted by Crippen LogP contribution is 2.25. The maximum atomic E-state index is 12.4. The van der Waals surface area contributed by atoms with Crippen LogP contribution in [0.1, 0.15) is 10.4 Å². The molecule has 0 saturated heterocycles. The molecule has 3 aromatic carbocycles. The van der Waals surface area contributed by atoms with E-state index >= 15 is 0 Å². The van der Waals surface area contributed by atoms with Crippen molar-refractivity contribution in [2.45, 2.75) is 0 Å². The number of non-ortho nitro benzene ring substituents is 1. The molecule has 7 nitrogen and oxygen atoms in total. The van der Waals surface area contributed by atoms with Crippen molar-refractivity contribution >= 4 is 17.3 Å². The van der Waals surface area contributed by atoms with Crippen LogP contribution in [0.2, 0.25) is 0 Å². The number of para-hydroxylation sites is 2. The molecule has 3 aromatic rings. The Morgan fingerprint density at radius 1 is 0.929 bits per heavy atom. The van der Waals surface area contributed by atoms with Gasteiger partial charge in [-0.05, 0) is 36.4 Å². The van der Waals surface area contributed by atoms with Gasteiger partial charge in [0.15, 0.2) is 0 Å². The fourth-order valence-corrected chi connectivity index (χ4v) is 2.46. The number of nitrogens with zero attached hydrogens (tertiary/aromatic N) is 1. The van der Waals surface area contributed by atoms with E-state index < -0.39 is 10.9 Å². The summed E-state index contributed by atoms with van der Waals surface area (Å²) in [6, 6.07) is 22.1. The van der Waals surface area contributed by atoms with Crippen LogP contribution >= 0.6 is 0 Å². The van der Waals surface area contributed by atoms with Crippen LogP contribution in [-0.4, -0.2) is 24.0 Å². The van der Waals surface area contributed by atoms with Gasteiger partial charge in [-0.2, -0.15) is 0 Å². The Morgan fingerprint density at radius 2 is 1.61 bits per heavy atom. The predicted molar refractivity (Wildman–Crippen MR) is 105 cm³/mol. The lowest BCUT2D eigenvalue weighted by molar-refractivity contribution is -0.384. The average molecular weight is 378 g/mol. The second kappa shape index (κ2) is 9.18. The fraction of sp³-hybridized carbons (Fsp3) is 0.0952. The first-order chi connectivity index (χ1) is 13.6. The molecular formula is C21H18N2O5. The molecule has 0 aromatic heterocycles. The number of benzene rings is 3. The first-order valence-corrected chi connectivity index (χ1v) is 8.61. The Kier molecular flexibility index (Phi) is 6.20. The predicted octanol–water partition coefficient (Wildman–Crippen LogP) is 4.66. The van der Waals surface area contributed by atoms with Gasteiger partial charge >= 0.3 is 5.97 Å². The second-order valence-corrected chi connectivity index (χ2v) is 5.78. The van der Waals surface area contributed by atoms with Crippen molar-refractivity contribution in [1.29, 1.82) is 0 Å². The molecule has 0 spiro atoms. The van der Waals surface area contributed by atoms with Crippen molar-refractivity contribution in [3.8, 4) is 11.5 Å². The Balaban J connectivity index is 1.53. The van der Waals surface area contributed by atoms with Crippen molar-refractivity contribution in [1.82, 2.24) is 0 Å². The summed E-state index contributed by atoms with van der Waals surface area (Å²) in [7, 11) is 0. The molecular weight excluding hydrogens is 360 g/mol. The zero-order chi connectivity index (χ0) is 19.8. The van der Waals surface area contributed by atoms with E-state index in [4.69, 9.17) is 9.47 Å². The number of carbonyl (C=O) groups excluding carboxylic acids is 1. The SMILES string of the molecule is O=C(OCCNc1ccc([N+](=O)[O-])cc1)c1ccccc1Oc1ccccc1. The molecule has 7 heteroatoms. The molecule has 0 heterocycles. The van der Waals surface area contributed by atoms with Crippen LogP contribution < -0.4 is 10.1 Å². The van der Waals surface area contributed by atoms with Gasteiger partial charge in [0.1, 0.15) is 23.7 Å². The van der Waals surface area contributed by atoms with Gasteiger partial charge in [-0.25, -0.2) is 4.79 Å². The third-order valence-electron chi connectivity index (χ3n) is 3.82. The third-order valence-corrected chi connectivity index (χ3v) is 3.82. The molecule has 0 amide bonds. The van der Waals surface area contributed by atoms with Gasteiger partial charge in [0.2, 0.25) is 0 Å². The summed E-state index contributed by atoms with van der Waals surface area (Å²) in [6.07, 6.45) is 0. The molecule has 142 valence electrons. The molecule has 0 aliphatic rings. The van der Waals surface area contributed by atoms with Crippen molar-refractivity contribution in [2.75, 3.05) is 18.5 Å². The monoisotopic (exact) mass is 378 g/mol. The van der Waals surface area contributed by atoms with Gasteiger partial charge in [0, 0.05) is 24.4 Å². The van der Waals surface area contributed by atoms with Crippen LogP contribution in [-0.2, 0) is 4.74 Å². The van der Waals surface area contributed by atoms with Crippen LogP contribution in [0.15, 0.2) is 78.9 Å². The number of carbonyl (C=O) groups is 1. The van der Waals surface area contributed by atoms with Crippen molar-refractivity contribution in [3.05, 3.63) is 94.5 Å². The lowest BCUT2D eigenvalue weighted by Crippen LogP contribution is -2.14. The number of anilines is 1. The summed E-state index contributed by atoms with van der Waals surface area (Å²) in [5.41, 5.74) is 1.06. The number of ether oxygens (including phenoxy) is 2. The number of nitro groups is 1. The zero-order valence-electron chi connectivity index (χ0n) is 14.9. The van der Waals surface area contributed by atoms with Gasteiger partial charge in [-0.3, -0.25) is 10.1 Å². The molecule has 0 aliphatic carbocycles. The maximum Gasteiger partial charge on any atom is 0.342 e. The topological polar surface area (TPSA) is 90.7 Å².